The van der Waals surface area contributed by atoms with E-state index < -0.39 is 0 Å². The summed E-state index contributed by atoms with van der Waals surface area (Å²) in [7, 11) is 1.72. The van der Waals surface area contributed by atoms with Gasteiger partial charge in [-0.3, -0.25) is 4.98 Å². The van der Waals surface area contributed by atoms with Gasteiger partial charge in [-0.05, 0) is 18.6 Å². The number of anilines is 2. The van der Waals surface area contributed by atoms with Crippen LogP contribution >= 0.6 is 0 Å². The van der Waals surface area contributed by atoms with Crippen LogP contribution in [-0.2, 0) is 0 Å². The minimum absolute atomic E-state index is 0.306. The van der Waals surface area contributed by atoms with Crippen LogP contribution in [0.25, 0.3) is 10.9 Å². The van der Waals surface area contributed by atoms with E-state index in [1.54, 1.807) is 19.3 Å². The van der Waals surface area contributed by atoms with E-state index in [4.69, 9.17) is 5.73 Å². The molecule has 1 aromatic carbocycles. The molecular weight excluding hydrogens is 193 g/mol. The van der Waals surface area contributed by atoms with E-state index in [9.17, 15) is 4.39 Å². The molecule has 0 amide bonds. The molecule has 0 fully saturated rings. The number of hydrogen-bond acceptors (Lipinski definition) is 3. The zero-order chi connectivity index (χ0) is 11.0. The van der Waals surface area contributed by atoms with Crippen LogP contribution in [-0.4, -0.2) is 12.0 Å². The van der Waals surface area contributed by atoms with Crippen LogP contribution in [0.5, 0.6) is 0 Å². The van der Waals surface area contributed by atoms with Crippen molar-refractivity contribution in [2.75, 3.05) is 18.1 Å². The van der Waals surface area contributed by atoms with Crippen LogP contribution in [0, 0.1) is 12.7 Å². The monoisotopic (exact) mass is 205 g/mol. The van der Waals surface area contributed by atoms with E-state index in [1.165, 1.54) is 6.07 Å². The molecule has 0 saturated carbocycles. The maximum absolute atomic E-state index is 13.7. The summed E-state index contributed by atoms with van der Waals surface area (Å²) in [4.78, 5) is 4.14. The van der Waals surface area contributed by atoms with Gasteiger partial charge in [0, 0.05) is 7.05 Å². The largest absolute Gasteiger partial charge is 0.396 e. The Bertz CT molecular complexity index is 523. The minimum atomic E-state index is -0.306. The van der Waals surface area contributed by atoms with Crippen molar-refractivity contribution in [3.05, 3.63) is 29.7 Å². The van der Waals surface area contributed by atoms with Gasteiger partial charge in [-0.1, -0.05) is 6.07 Å². The van der Waals surface area contributed by atoms with E-state index in [0.717, 1.165) is 5.56 Å². The number of halogens is 1. The Morgan fingerprint density at radius 2 is 2.13 bits per heavy atom. The molecule has 0 unspecified atom stereocenters. The fraction of sp³-hybridized carbons (Fsp3) is 0.182. The van der Waals surface area contributed by atoms with Gasteiger partial charge in [0.1, 0.15) is 5.82 Å². The number of hydrogen-bond donors (Lipinski definition) is 2. The number of nitrogens with one attached hydrogen (secondary N) is 1. The molecule has 78 valence electrons. The van der Waals surface area contributed by atoms with Crippen molar-refractivity contribution in [3.8, 4) is 0 Å². The van der Waals surface area contributed by atoms with Crippen molar-refractivity contribution >= 4 is 22.3 Å². The molecular formula is C11H12FN3. The first-order chi connectivity index (χ1) is 7.15. The molecule has 0 spiro atoms. The molecule has 2 aromatic rings. The Kier molecular flexibility index (Phi) is 2.19. The molecule has 0 saturated heterocycles. The first-order valence-electron chi connectivity index (χ1n) is 4.66. The van der Waals surface area contributed by atoms with Gasteiger partial charge in [-0.15, -0.1) is 0 Å². The maximum atomic E-state index is 13.7. The number of nitrogens with two attached hydrogens (primary N) is 1. The normalized spacial score (nSPS) is 10.6. The van der Waals surface area contributed by atoms with E-state index in [2.05, 4.69) is 10.3 Å². The maximum Gasteiger partial charge on any atom is 0.134 e. The second kappa shape index (κ2) is 3.38. The molecule has 2 rings (SSSR count). The molecule has 0 atom stereocenters. The molecule has 0 aliphatic rings. The number of fused-ring (bicyclic) bond motifs is 1. The second-order valence-electron chi connectivity index (χ2n) is 3.43. The van der Waals surface area contributed by atoms with Crippen LogP contribution in [0.4, 0.5) is 15.8 Å². The van der Waals surface area contributed by atoms with E-state index in [0.29, 0.717) is 22.3 Å². The molecule has 1 heterocycles. The third-order valence-electron chi connectivity index (χ3n) is 2.45. The van der Waals surface area contributed by atoms with Gasteiger partial charge in [-0.25, -0.2) is 4.39 Å². The third kappa shape index (κ3) is 1.38. The summed E-state index contributed by atoms with van der Waals surface area (Å²) in [6.07, 6.45) is 1.54. The second-order valence-corrected chi connectivity index (χ2v) is 3.43. The van der Waals surface area contributed by atoms with E-state index in [1.807, 2.05) is 6.92 Å². The first kappa shape index (κ1) is 9.71. The lowest BCUT2D eigenvalue weighted by atomic mass is 10.1. The van der Waals surface area contributed by atoms with Crippen LogP contribution < -0.4 is 11.1 Å². The molecule has 3 nitrogen and oxygen atoms in total. The summed E-state index contributed by atoms with van der Waals surface area (Å²) in [5, 5.41) is 3.36. The topological polar surface area (TPSA) is 50.9 Å². The molecule has 0 aliphatic carbocycles. The Morgan fingerprint density at radius 1 is 1.40 bits per heavy atom. The lowest BCUT2D eigenvalue weighted by Gasteiger charge is -2.10. The average Bonchev–Trinajstić information content (AvgIpc) is 2.23. The lowest BCUT2D eigenvalue weighted by molar-refractivity contribution is 0.639. The number of aromatic nitrogens is 1. The van der Waals surface area contributed by atoms with Gasteiger partial charge < -0.3 is 11.1 Å². The standard InChI is InChI=1S/C11H12FN3/c1-6-3-4-7(12)9-10(6)15-5-8(13)11(9)14-2/h3-5H,13H2,1-2H3,(H,14,15). The van der Waals surface area contributed by atoms with Crippen LogP contribution in [0.1, 0.15) is 5.56 Å². The van der Waals surface area contributed by atoms with Crippen LogP contribution in [0.2, 0.25) is 0 Å². The number of rotatable bonds is 1. The van der Waals surface area contributed by atoms with Gasteiger partial charge in [0.05, 0.1) is 28.5 Å². The highest BCUT2D eigenvalue weighted by Gasteiger charge is 2.11. The highest BCUT2D eigenvalue weighted by molar-refractivity contribution is 5.98. The SMILES string of the molecule is CNc1c(N)cnc2c(C)ccc(F)c12. The van der Waals surface area contributed by atoms with Crippen molar-refractivity contribution in [1.82, 2.24) is 4.98 Å². The van der Waals surface area contributed by atoms with Gasteiger partial charge in [0.2, 0.25) is 0 Å². The summed E-state index contributed by atoms with van der Waals surface area (Å²) < 4.78 is 13.7. The summed E-state index contributed by atoms with van der Waals surface area (Å²) in [5.74, 6) is -0.306. The zero-order valence-electron chi connectivity index (χ0n) is 8.63. The van der Waals surface area contributed by atoms with Gasteiger partial charge in [-0.2, -0.15) is 0 Å². The number of benzene rings is 1. The smallest absolute Gasteiger partial charge is 0.134 e. The van der Waals surface area contributed by atoms with Crippen molar-refractivity contribution in [3.63, 3.8) is 0 Å². The molecule has 0 radical (unpaired) electrons. The summed E-state index contributed by atoms with van der Waals surface area (Å²) in [5.41, 5.74) is 8.36. The predicted octanol–water partition coefficient (Wildman–Crippen LogP) is 2.31. The Morgan fingerprint density at radius 3 is 2.80 bits per heavy atom. The average molecular weight is 205 g/mol. The van der Waals surface area contributed by atoms with Gasteiger partial charge >= 0.3 is 0 Å². The van der Waals surface area contributed by atoms with E-state index in [-0.39, 0.29) is 5.82 Å². The molecule has 0 aliphatic heterocycles. The van der Waals surface area contributed by atoms with Gasteiger partial charge in [0.25, 0.3) is 0 Å². The summed E-state index contributed by atoms with van der Waals surface area (Å²) in [6.45, 7) is 1.89. The van der Waals surface area contributed by atoms with Crippen LogP contribution in [0.15, 0.2) is 18.3 Å². The Hall–Kier alpha value is -1.84. The molecule has 0 bridgehead atoms. The van der Waals surface area contributed by atoms with Crippen molar-refractivity contribution in [1.29, 1.82) is 0 Å². The van der Waals surface area contributed by atoms with Gasteiger partial charge in [0.15, 0.2) is 0 Å². The molecule has 4 heteroatoms. The Balaban J connectivity index is 2.96. The zero-order valence-corrected chi connectivity index (χ0v) is 8.63. The Labute approximate surface area is 87.1 Å². The number of nitrogens with zero attached hydrogens (tertiary/aromatic N) is 1. The fourth-order valence-corrected chi connectivity index (χ4v) is 1.69. The van der Waals surface area contributed by atoms with Crippen LogP contribution in [0.3, 0.4) is 0 Å². The van der Waals surface area contributed by atoms with E-state index >= 15 is 0 Å². The quantitative estimate of drug-likeness (QED) is 0.751. The minimum Gasteiger partial charge on any atom is -0.396 e. The third-order valence-corrected chi connectivity index (χ3v) is 2.45. The number of pyridine rings is 1. The highest BCUT2D eigenvalue weighted by atomic mass is 19.1. The van der Waals surface area contributed by atoms with Crippen molar-refractivity contribution in [2.45, 2.75) is 6.92 Å². The number of aryl methyl sites for hydroxylation is 1. The fourth-order valence-electron chi connectivity index (χ4n) is 1.69. The number of nitrogen functional groups attached to an aromatic ring is 1. The summed E-state index contributed by atoms with van der Waals surface area (Å²) >= 11 is 0. The first-order valence-corrected chi connectivity index (χ1v) is 4.66. The lowest BCUT2D eigenvalue weighted by Crippen LogP contribution is -2.00. The summed E-state index contributed by atoms with van der Waals surface area (Å²) in [6, 6.07) is 3.14. The van der Waals surface area contributed by atoms with Crippen molar-refractivity contribution < 1.29 is 4.39 Å². The highest BCUT2D eigenvalue weighted by Crippen LogP contribution is 2.30. The van der Waals surface area contributed by atoms with Crippen molar-refractivity contribution in [2.24, 2.45) is 0 Å². The molecule has 1 aromatic heterocycles. The predicted molar refractivity (Wildman–Crippen MR) is 60.4 cm³/mol. The molecule has 3 N–H and O–H groups in total. The molecule has 15 heavy (non-hydrogen) atoms.